The van der Waals surface area contributed by atoms with Crippen LogP contribution in [-0.2, 0) is 11.3 Å². The van der Waals surface area contributed by atoms with Gasteiger partial charge in [-0.3, -0.25) is 9.36 Å². The summed E-state index contributed by atoms with van der Waals surface area (Å²) in [4.78, 5) is 40.5. The summed E-state index contributed by atoms with van der Waals surface area (Å²) < 4.78 is 2.78. The van der Waals surface area contributed by atoms with Gasteiger partial charge in [-0.15, -0.1) is 0 Å². The van der Waals surface area contributed by atoms with Crippen LogP contribution in [0.15, 0.2) is 23.0 Å². The van der Waals surface area contributed by atoms with Gasteiger partial charge in [0, 0.05) is 13.1 Å². The predicted molar refractivity (Wildman–Crippen MR) is 113 cm³/mol. The zero-order valence-corrected chi connectivity index (χ0v) is 17.7. The number of amides is 2. The van der Waals surface area contributed by atoms with Crippen molar-refractivity contribution in [1.82, 2.24) is 19.4 Å². The third kappa shape index (κ3) is 4.22. The molecule has 2 amide bonds. The number of rotatable bonds is 5. The highest BCUT2D eigenvalue weighted by Crippen LogP contribution is 2.21. The van der Waals surface area contributed by atoms with E-state index in [0.29, 0.717) is 12.1 Å². The molecule has 29 heavy (non-hydrogen) atoms. The molecular formula is C21H31N5O3. The maximum atomic E-state index is 13.2. The summed E-state index contributed by atoms with van der Waals surface area (Å²) in [5.74, 6) is -0.632. The van der Waals surface area contributed by atoms with Crippen LogP contribution >= 0.6 is 0 Å². The number of aryl methyl sites for hydroxylation is 1. The Bertz CT molecular complexity index is 977. The topological polar surface area (TPSA) is 102 Å². The molecule has 8 nitrogen and oxygen atoms in total. The lowest BCUT2D eigenvalue weighted by Crippen LogP contribution is -2.54. The van der Waals surface area contributed by atoms with Gasteiger partial charge >= 0.3 is 11.7 Å². The van der Waals surface area contributed by atoms with E-state index in [-0.39, 0.29) is 0 Å². The third-order valence-electron chi connectivity index (χ3n) is 5.61. The highest BCUT2D eigenvalue weighted by atomic mass is 16.2. The Morgan fingerprint density at radius 2 is 1.83 bits per heavy atom. The van der Waals surface area contributed by atoms with Crippen molar-refractivity contribution in [1.29, 1.82) is 0 Å². The van der Waals surface area contributed by atoms with Crippen molar-refractivity contribution in [2.45, 2.75) is 53.1 Å². The minimum Gasteiger partial charge on any atom is -0.368 e. The summed E-state index contributed by atoms with van der Waals surface area (Å²) >= 11 is 0. The molecule has 0 radical (unpaired) electrons. The Morgan fingerprint density at radius 3 is 2.41 bits per heavy atom. The highest BCUT2D eigenvalue weighted by molar-refractivity contribution is 5.93. The molecule has 0 unspecified atom stereocenters. The third-order valence-corrected chi connectivity index (χ3v) is 5.61. The number of hydrogen-bond acceptors (Lipinski definition) is 4. The van der Waals surface area contributed by atoms with Gasteiger partial charge in [-0.25, -0.2) is 14.2 Å². The minimum atomic E-state index is -0.894. The first kappa shape index (κ1) is 21.1. The van der Waals surface area contributed by atoms with Crippen LogP contribution in [-0.4, -0.2) is 51.6 Å². The Hall–Kier alpha value is -2.61. The molecule has 1 aliphatic heterocycles. The molecule has 1 saturated heterocycles. The molecule has 8 heteroatoms. The number of nitrogens with zero attached hydrogens (tertiary/aromatic N) is 3. The smallest absolute Gasteiger partial charge is 0.337 e. The molecule has 1 aromatic carbocycles. The number of nitrogens with two attached hydrogens (primary N) is 1. The van der Waals surface area contributed by atoms with Crippen molar-refractivity contribution in [3.05, 3.63) is 34.2 Å². The number of aromatic nitrogens is 2. The Balaban J connectivity index is 2.00. The van der Waals surface area contributed by atoms with Gasteiger partial charge in [-0.2, -0.15) is 0 Å². The summed E-state index contributed by atoms with van der Waals surface area (Å²) in [6.45, 7) is 10.7. The lowest BCUT2D eigenvalue weighted by atomic mass is 9.86. The summed E-state index contributed by atoms with van der Waals surface area (Å²) in [7, 11) is 0. The van der Waals surface area contributed by atoms with E-state index >= 15 is 0 Å². The second kappa shape index (κ2) is 8.02. The number of fused-ring (bicyclic) bond motifs is 1. The number of imidazole rings is 1. The number of hydrogen-bond donors (Lipinski definition) is 2. The first-order valence-electron chi connectivity index (χ1n) is 10.1. The Labute approximate surface area is 170 Å². The molecular weight excluding hydrogens is 370 g/mol. The van der Waals surface area contributed by atoms with E-state index in [1.165, 1.54) is 12.8 Å². The van der Waals surface area contributed by atoms with E-state index in [1.54, 1.807) is 10.6 Å². The van der Waals surface area contributed by atoms with Crippen molar-refractivity contribution in [3.8, 4) is 0 Å². The van der Waals surface area contributed by atoms with E-state index in [1.807, 2.05) is 39.8 Å². The Kier molecular flexibility index (Phi) is 5.84. The van der Waals surface area contributed by atoms with Crippen LogP contribution in [0.1, 0.15) is 39.2 Å². The molecule has 1 aliphatic rings. The van der Waals surface area contributed by atoms with Crippen LogP contribution in [0.2, 0.25) is 0 Å². The van der Waals surface area contributed by atoms with Crippen LogP contribution < -0.4 is 16.7 Å². The maximum Gasteiger partial charge on any atom is 0.337 e. The van der Waals surface area contributed by atoms with Gasteiger partial charge < -0.3 is 16.0 Å². The summed E-state index contributed by atoms with van der Waals surface area (Å²) in [6, 6.07) is 3.98. The van der Waals surface area contributed by atoms with Crippen LogP contribution in [0.3, 0.4) is 0 Å². The van der Waals surface area contributed by atoms with Crippen molar-refractivity contribution >= 4 is 23.0 Å². The number of benzene rings is 1. The molecule has 0 bridgehead atoms. The van der Waals surface area contributed by atoms with Crippen LogP contribution in [0.5, 0.6) is 0 Å². The van der Waals surface area contributed by atoms with Gasteiger partial charge in [0.1, 0.15) is 6.04 Å². The minimum absolute atomic E-state index is 0.400. The predicted octanol–water partition coefficient (Wildman–Crippen LogP) is 1.66. The molecule has 3 rings (SSSR count). The van der Waals surface area contributed by atoms with Crippen LogP contribution in [0.4, 0.5) is 4.79 Å². The number of carbonyl (C=O) groups is 2. The van der Waals surface area contributed by atoms with Gasteiger partial charge in [0.05, 0.1) is 11.0 Å². The number of primary amides is 1. The molecule has 1 aromatic heterocycles. The molecule has 158 valence electrons. The average Bonchev–Trinajstić information content (AvgIpc) is 3.23. The zero-order valence-electron chi connectivity index (χ0n) is 17.7. The second-order valence-electron chi connectivity index (χ2n) is 8.91. The normalized spacial score (nSPS) is 16.3. The number of likely N-dealkylation sites (tertiary alicyclic amines) is 1. The molecule has 2 aromatic rings. The van der Waals surface area contributed by atoms with E-state index in [4.69, 9.17) is 5.73 Å². The molecule has 2 heterocycles. The molecule has 1 atom stereocenters. The Morgan fingerprint density at radius 1 is 1.17 bits per heavy atom. The first-order valence-corrected chi connectivity index (χ1v) is 10.1. The SMILES string of the molecule is Cc1cccc2c1n(CCN1CCCC1)c(=O)n2C(=O)N[C@H](C(N)=O)C(C)(C)C. The monoisotopic (exact) mass is 401 g/mol. The van der Waals surface area contributed by atoms with E-state index in [2.05, 4.69) is 10.2 Å². The molecule has 1 fully saturated rings. The molecule has 0 saturated carbocycles. The fourth-order valence-corrected chi connectivity index (χ4v) is 4.05. The molecule has 0 aliphatic carbocycles. The quantitative estimate of drug-likeness (QED) is 0.795. The molecule has 3 N–H and O–H groups in total. The lowest BCUT2D eigenvalue weighted by molar-refractivity contribution is -0.122. The number of carbonyl (C=O) groups excluding carboxylic acids is 2. The largest absolute Gasteiger partial charge is 0.368 e. The fraction of sp³-hybridized carbons (Fsp3) is 0.571. The van der Waals surface area contributed by atoms with Gasteiger partial charge in [0.2, 0.25) is 5.91 Å². The summed E-state index contributed by atoms with van der Waals surface area (Å²) in [5.41, 5.74) is 6.73. The number of nitrogens with one attached hydrogen (secondary N) is 1. The van der Waals surface area contributed by atoms with Gasteiger partial charge in [0.25, 0.3) is 0 Å². The summed E-state index contributed by atoms with van der Waals surface area (Å²) in [5, 5.41) is 2.66. The average molecular weight is 402 g/mol. The zero-order chi connectivity index (χ0) is 21.3. The van der Waals surface area contributed by atoms with Crippen LogP contribution in [0.25, 0.3) is 11.0 Å². The van der Waals surface area contributed by atoms with Crippen molar-refractivity contribution in [3.63, 3.8) is 0 Å². The van der Waals surface area contributed by atoms with Crippen LogP contribution in [0, 0.1) is 12.3 Å². The van der Waals surface area contributed by atoms with E-state index < -0.39 is 29.1 Å². The lowest BCUT2D eigenvalue weighted by Gasteiger charge is -2.28. The van der Waals surface area contributed by atoms with Gasteiger partial charge in [0.15, 0.2) is 0 Å². The van der Waals surface area contributed by atoms with Crippen molar-refractivity contribution in [2.75, 3.05) is 19.6 Å². The van der Waals surface area contributed by atoms with E-state index in [0.717, 1.165) is 35.3 Å². The highest BCUT2D eigenvalue weighted by Gasteiger charge is 2.32. The van der Waals surface area contributed by atoms with Crippen molar-refractivity contribution < 1.29 is 9.59 Å². The fourth-order valence-electron chi connectivity index (χ4n) is 4.05. The number of para-hydroxylation sites is 1. The standard InChI is InChI=1S/C21H31N5O3/c1-14-8-7-9-15-16(14)25(13-12-24-10-5-6-11-24)20(29)26(15)19(28)23-17(18(22)27)21(2,3)4/h7-9,17H,5-6,10-13H2,1-4H3,(H2,22,27)(H,23,28)/t17-/m1/s1. The van der Waals surface area contributed by atoms with Crippen molar-refractivity contribution in [2.24, 2.45) is 11.1 Å². The van der Waals surface area contributed by atoms with Gasteiger partial charge in [-0.1, -0.05) is 32.9 Å². The first-order chi connectivity index (χ1) is 13.6. The summed E-state index contributed by atoms with van der Waals surface area (Å²) in [6.07, 6.45) is 2.36. The molecule has 0 spiro atoms. The maximum absolute atomic E-state index is 13.2. The second-order valence-corrected chi connectivity index (χ2v) is 8.91. The van der Waals surface area contributed by atoms with E-state index in [9.17, 15) is 14.4 Å². The van der Waals surface area contributed by atoms with Gasteiger partial charge in [-0.05, 0) is 49.9 Å².